The number of aryl methyl sites for hydroxylation is 1. The van der Waals surface area contributed by atoms with Gasteiger partial charge in [0.15, 0.2) is 5.11 Å². The van der Waals surface area contributed by atoms with Crippen molar-refractivity contribution in [2.24, 2.45) is 5.73 Å². The van der Waals surface area contributed by atoms with Gasteiger partial charge in [0.25, 0.3) is 0 Å². The van der Waals surface area contributed by atoms with Gasteiger partial charge in [-0.2, -0.15) is 5.26 Å². The summed E-state index contributed by atoms with van der Waals surface area (Å²) in [5, 5.41) is 16.6. The molecule has 0 unspecified atom stereocenters. The van der Waals surface area contributed by atoms with Crippen LogP contribution in [0, 0.1) is 18.3 Å². The number of anilines is 1. The van der Waals surface area contributed by atoms with E-state index < -0.39 is 0 Å². The highest BCUT2D eigenvalue weighted by atomic mass is 32.1. The lowest BCUT2D eigenvalue weighted by atomic mass is 10.1. The van der Waals surface area contributed by atoms with Crippen molar-refractivity contribution in [3.8, 4) is 6.07 Å². The molecule has 0 aliphatic rings. The Morgan fingerprint density at radius 1 is 1.53 bits per heavy atom. The number of H-pyrrole nitrogens is 1. The van der Waals surface area contributed by atoms with Crippen LogP contribution >= 0.6 is 12.2 Å². The van der Waals surface area contributed by atoms with Crippen LogP contribution in [0.4, 0.5) is 5.69 Å². The summed E-state index contributed by atoms with van der Waals surface area (Å²) in [6, 6.07) is 7.83. The minimum atomic E-state index is 0.530. The molecule has 0 saturated carbocycles. The predicted molar refractivity (Wildman–Crippen MR) is 81.0 cm³/mol. The summed E-state index contributed by atoms with van der Waals surface area (Å²) in [7, 11) is 0. The first-order valence-corrected chi connectivity index (χ1v) is 6.34. The zero-order valence-corrected chi connectivity index (χ0v) is 11.4. The second-order valence-corrected chi connectivity index (χ2v) is 4.57. The van der Waals surface area contributed by atoms with Crippen molar-refractivity contribution in [1.82, 2.24) is 10.3 Å². The number of nitrogens with one attached hydrogen (secondary N) is 3. The van der Waals surface area contributed by atoms with Gasteiger partial charge >= 0.3 is 0 Å². The summed E-state index contributed by atoms with van der Waals surface area (Å²) < 4.78 is 0. The van der Waals surface area contributed by atoms with E-state index in [1.165, 1.54) is 0 Å². The van der Waals surface area contributed by atoms with Gasteiger partial charge in [0.05, 0.1) is 5.52 Å². The molecule has 0 atom stereocenters. The fourth-order valence-electron chi connectivity index (χ4n) is 1.89. The van der Waals surface area contributed by atoms with Crippen molar-refractivity contribution in [3.63, 3.8) is 0 Å². The van der Waals surface area contributed by atoms with Crippen LogP contribution in [0.1, 0.15) is 11.3 Å². The number of aromatic nitrogens is 1. The number of rotatable bonds is 3. The van der Waals surface area contributed by atoms with E-state index in [4.69, 9.17) is 23.2 Å². The van der Waals surface area contributed by atoms with Gasteiger partial charge in [-0.1, -0.05) is 6.07 Å². The van der Waals surface area contributed by atoms with E-state index in [0.717, 1.165) is 22.2 Å². The van der Waals surface area contributed by atoms with E-state index in [-0.39, 0.29) is 0 Å². The number of benzene rings is 1. The molecular weight excluding hydrogens is 258 g/mol. The first-order chi connectivity index (χ1) is 9.15. The number of nitrogens with two attached hydrogens (primary N) is 1. The number of nitriles is 1. The maximum Gasteiger partial charge on any atom is 0.170 e. The molecule has 0 amide bonds. The summed E-state index contributed by atoms with van der Waals surface area (Å²) in [6.45, 7) is 3.14. The molecule has 98 valence electrons. The molecule has 0 radical (unpaired) electrons. The van der Waals surface area contributed by atoms with E-state index in [0.29, 0.717) is 23.9 Å². The number of fused-ring (bicyclic) bond motifs is 1. The topological polar surface area (TPSA) is 89.7 Å². The highest BCUT2D eigenvalue weighted by Crippen LogP contribution is 2.25. The molecule has 19 heavy (non-hydrogen) atoms. The molecule has 1 aromatic heterocycles. The molecule has 5 N–H and O–H groups in total. The summed E-state index contributed by atoms with van der Waals surface area (Å²) in [5.41, 5.74) is 8.84. The smallest absolute Gasteiger partial charge is 0.170 e. The third-order valence-corrected chi connectivity index (χ3v) is 3.10. The van der Waals surface area contributed by atoms with E-state index >= 15 is 0 Å². The molecule has 0 fully saturated rings. The normalized spacial score (nSPS) is 10.2. The monoisotopic (exact) mass is 273 g/mol. The highest BCUT2D eigenvalue weighted by molar-refractivity contribution is 7.80. The van der Waals surface area contributed by atoms with Crippen molar-refractivity contribution in [1.29, 1.82) is 5.26 Å². The van der Waals surface area contributed by atoms with Crippen molar-refractivity contribution >= 4 is 33.9 Å². The number of hydrogen-bond donors (Lipinski definition) is 4. The molecule has 2 aromatic rings. The van der Waals surface area contributed by atoms with E-state index in [1.54, 1.807) is 0 Å². The van der Waals surface area contributed by atoms with Gasteiger partial charge in [0.2, 0.25) is 0 Å². The molecule has 1 aromatic carbocycles. The predicted octanol–water partition coefficient (Wildman–Crippen LogP) is 1.59. The lowest BCUT2D eigenvalue weighted by Gasteiger charge is -2.12. The Hall–Kier alpha value is -2.10. The molecule has 0 saturated heterocycles. The second-order valence-electron chi connectivity index (χ2n) is 4.17. The average molecular weight is 273 g/mol. The standard InChI is InChI=1S/C13H15N5S/c1-8-11(18-13(19)16-5-4-14)3-2-9-6-10(7-15)17-12(8)9/h2-3,6,17H,4-5,14H2,1H3,(H2,16,18,19). The third-order valence-electron chi connectivity index (χ3n) is 2.86. The maximum atomic E-state index is 8.90. The number of hydrogen-bond acceptors (Lipinski definition) is 3. The number of aromatic amines is 1. The van der Waals surface area contributed by atoms with Crippen LogP contribution in [0.3, 0.4) is 0 Å². The van der Waals surface area contributed by atoms with Crippen LogP contribution in [-0.4, -0.2) is 23.2 Å². The molecule has 5 nitrogen and oxygen atoms in total. The summed E-state index contributed by atoms with van der Waals surface area (Å²) in [5.74, 6) is 0. The molecule has 0 bridgehead atoms. The van der Waals surface area contributed by atoms with Crippen molar-refractivity contribution in [3.05, 3.63) is 29.5 Å². The Balaban J connectivity index is 2.27. The van der Waals surface area contributed by atoms with Crippen molar-refractivity contribution in [2.45, 2.75) is 6.92 Å². The van der Waals surface area contributed by atoms with Crippen LogP contribution in [-0.2, 0) is 0 Å². The van der Waals surface area contributed by atoms with E-state index in [1.807, 2.05) is 25.1 Å². The van der Waals surface area contributed by atoms with E-state index in [2.05, 4.69) is 21.7 Å². The summed E-state index contributed by atoms with van der Waals surface area (Å²) in [4.78, 5) is 3.09. The summed E-state index contributed by atoms with van der Waals surface area (Å²) >= 11 is 5.17. The van der Waals surface area contributed by atoms with Gasteiger partial charge in [0, 0.05) is 24.2 Å². The molecule has 0 spiro atoms. The quantitative estimate of drug-likeness (QED) is 0.638. The zero-order valence-electron chi connectivity index (χ0n) is 10.6. The van der Waals surface area contributed by atoms with Crippen LogP contribution in [0.25, 0.3) is 10.9 Å². The Labute approximate surface area is 116 Å². The second kappa shape index (κ2) is 5.69. The molecule has 0 aliphatic carbocycles. The van der Waals surface area contributed by atoms with Crippen molar-refractivity contribution in [2.75, 3.05) is 18.4 Å². The molecule has 6 heteroatoms. The highest BCUT2D eigenvalue weighted by Gasteiger charge is 2.08. The van der Waals surface area contributed by atoms with Crippen LogP contribution in [0.2, 0.25) is 0 Å². The fourth-order valence-corrected chi connectivity index (χ4v) is 2.10. The molecule has 1 heterocycles. The number of thiocarbonyl (C=S) groups is 1. The largest absolute Gasteiger partial charge is 0.361 e. The van der Waals surface area contributed by atoms with Crippen LogP contribution in [0.5, 0.6) is 0 Å². The van der Waals surface area contributed by atoms with Gasteiger partial charge in [-0.25, -0.2) is 0 Å². The van der Waals surface area contributed by atoms with Crippen molar-refractivity contribution < 1.29 is 0 Å². The number of nitrogens with zero attached hydrogens (tertiary/aromatic N) is 1. The zero-order chi connectivity index (χ0) is 13.8. The molecule has 0 aliphatic heterocycles. The Morgan fingerprint density at radius 3 is 3.00 bits per heavy atom. The molecule has 2 rings (SSSR count). The van der Waals surface area contributed by atoms with Crippen LogP contribution in [0.15, 0.2) is 18.2 Å². The lowest BCUT2D eigenvalue weighted by Crippen LogP contribution is -2.32. The maximum absolute atomic E-state index is 8.90. The van der Waals surface area contributed by atoms with Gasteiger partial charge in [-0.05, 0) is 36.8 Å². The Morgan fingerprint density at radius 2 is 2.32 bits per heavy atom. The average Bonchev–Trinajstić information content (AvgIpc) is 2.84. The van der Waals surface area contributed by atoms with Crippen LogP contribution < -0.4 is 16.4 Å². The first kappa shape index (κ1) is 13.3. The SMILES string of the molecule is Cc1c(NC(=S)NCCN)ccc2cc(C#N)[nH]c12. The van der Waals surface area contributed by atoms with Gasteiger partial charge in [0.1, 0.15) is 11.8 Å². The Bertz CT molecular complexity index is 653. The van der Waals surface area contributed by atoms with E-state index in [9.17, 15) is 0 Å². The first-order valence-electron chi connectivity index (χ1n) is 5.93. The van der Waals surface area contributed by atoms with Gasteiger partial charge in [-0.3, -0.25) is 0 Å². The Kier molecular flexibility index (Phi) is 4.00. The lowest BCUT2D eigenvalue weighted by molar-refractivity contribution is 0.883. The fraction of sp³-hybridized carbons (Fsp3) is 0.231. The minimum absolute atomic E-state index is 0.530. The minimum Gasteiger partial charge on any atom is -0.361 e. The molecular formula is C13H15N5S. The third kappa shape index (κ3) is 2.84. The van der Waals surface area contributed by atoms with Gasteiger partial charge in [-0.15, -0.1) is 0 Å². The van der Waals surface area contributed by atoms with Gasteiger partial charge < -0.3 is 21.4 Å². The summed E-state index contributed by atoms with van der Waals surface area (Å²) in [6.07, 6.45) is 0.